The van der Waals surface area contributed by atoms with E-state index in [-0.39, 0.29) is 17.5 Å². The maximum Gasteiger partial charge on any atom is 0.294 e. The van der Waals surface area contributed by atoms with Crippen LogP contribution in [-0.4, -0.2) is 18.2 Å². The van der Waals surface area contributed by atoms with Gasteiger partial charge in [-0.2, -0.15) is 0 Å². The molecule has 3 aromatic rings. The van der Waals surface area contributed by atoms with Gasteiger partial charge in [-0.1, -0.05) is 36.4 Å². The lowest BCUT2D eigenvalue weighted by atomic mass is 10.1. The third-order valence-electron chi connectivity index (χ3n) is 2.96. The van der Waals surface area contributed by atoms with E-state index in [0.717, 1.165) is 16.5 Å². The standard InChI is InChI=1S/C15H12N2O3/c1-19-14-9-13(20-17-14)15(18)16-12-8-4-6-10-5-2-3-7-11(10)12/h2-9H,1H3,(H,16,18). The number of ether oxygens (including phenoxy) is 1. The molecule has 20 heavy (non-hydrogen) atoms. The van der Waals surface area contributed by atoms with E-state index >= 15 is 0 Å². The van der Waals surface area contributed by atoms with E-state index in [0.29, 0.717) is 0 Å². The van der Waals surface area contributed by atoms with Crippen molar-refractivity contribution in [1.82, 2.24) is 5.16 Å². The minimum atomic E-state index is -0.364. The van der Waals surface area contributed by atoms with Crippen molar-refractivity contribution >= 4 is 22.4 Å². The third-order valence-corrected chi connectivity index (χ3v) is 2.96. The molecule has 0 saturated heterocycles. The first-order valence-electron chi connectivity index (χ1n) is 6.08. The first kappa shape index (κ1) is 12.2. The van der Waals surface area contributed by atoms with Crippen LogP contribution in [-0.2, 0) is 0 Å². The molecule has 0 bridgehead atoms. The lowest BCUT2D eigenvalue weighted by Crippen LogP contribution is -2.11. The molecule has 3 rings (SSSR count). The van der Waals surface area contributed by atoms with Crippen molar-refractivity contribution in [3.8, 4) is 5.88 Å². The van der Waals surface area contributed by atoms with Crippen LogP contribution in [0.2, 0.25) is 0 Å². The van der Waals surface area contributed by atoms with Crippen molar-refractivity contribution in [2.24, 2.45) is 0 Å². The molecule has 0 aliphatic carbocycles. The van der Waals surface area contributed by atoms with Gasteiger partial charge in [0.15, 0.2) is 0 Å². The average molecular weight is 268 g/mol. The summed E-state index contributed by atoms with van der Waals surface area (Å²) in [5.74, 6) is 0.0139. The van der Waals surface area contributed by atoms with Gasteiger partial charge in [0.2, 0.25) is 5.76 Å². The topological polar surface area (TPSA) is 64.4 Å². The molecule has 0 spiro atoms. The van der Waals surface area contributed by atoms with Crippen molar-refractivity contribution in [2.45, 2.75) is 0 Å². The molecule has 1 heterocycles. The second-order valence-electron chi connectivity index (χ2n) is 4.21. The Labute approximate surface area is 115 Å². The highest BCUT2D eigenvalue weighted by atomic mass is 16.5. The second-order valence-corrected chi connectivity index (χ2v) is 4.21. The smallest absolute Gasteiger partial charge is 0.294 e. The van der Waals surface area contributed by atoms with Crippen LogP contribution in [0.3, 0.4) is 0 Å². The van der Waals surface area contributed by atoms with Gasteiger partial charge in [-0.25, -0.2) is 0 Å². The summed E-state index contributed by atoms with van der Waals surface area (Å²) < 4.78 is 9.80. The Kier molecular flexibility index (Phi) is 3.09. The Hall–Kier alpha value is -2.82. The number of nitrogens with zero attached hydrogens (tertiary/aromatic N) is 1. The molecule has 0 saturated carbocycles. The predicted molar refractivity (Wildman–Crippen MR) is 75.0 cm³/mol. The fourth-order valence-electron chi connectivity index (χ4n) is 1.98. The number of aromatic nitrogens is 1. The maximum absolute atomic E-state index is 12.1. The molecular formula is C15H12N2O3. The van der Waals surface area contributed by atoms with E-state index in [1.165, 1.54) is 13.2 Å². The summed E-state index contributed by atoms with van der Waals surface area (Å²) >= 11 is 0. The molecule has 0 aliphatic heterocycles. The number of fused-ring (bicyclic) bond motifs is 1. The lowest BCUT2D eigenvalue weighted by molar-refractivity contribution is 0.0987. The van der Waals surface area contributed by atoms with Gasteiger partial charge >= 0.3 is 0 Å². The van der Waals surface area contributed by atoms with Gasteiger partial charge in [-0.15, -0.1) is 0 Å². The van der Waals surface area contributed by atoms with E-state index in [1.807, 2.05) is 42.5 Å². The van der Waals surface area contributed by atoms with Crippen molar-refractivity contribution in [3.05, 3.63) is 54.3 Å². The number of amides is 1. The molecule has 0 fully saturated rings. The average Bonchev–Trinajstić information content (AvgIpc) is 2.97. The van der Waals surface area contributed by atoms with Crippen LogP contribution in [0.25, 0.3) is 10.8 Å². The zero-order valence-electron chi connectivity index (χ0n) is 10.8. The van der Waals surface area contributed by atoms with E-state index < -0.39 is 0 Å². The summed E-state index contributed by atoms with van der Waals surface area (Å²) in [4.78, 5) is 12.1. The van der Waals surface area contributed by atoms with Crippen molar-refractivity contribution in [1.29, 1.82) is 0 Å². The number of anilines is 1. The van der Waals surface area contributed by atoms with Gasteiger partial charge in [0, 0.05) is 11.1 Å². The fourth-order valence-corrected chi connectivity index (χ4v) is 1.98. The minimum absolute atomic E-state index is 0.106. The fraction of sp³-hybridized carbons (Fsp3) is 0.0667. The SMILES string of the molecule is COc1cc(C(=O)Nc2cccc3ccccc23)on1. The molecule has 100 valence electrons. The quantitative estimate of drug-likeness (QED) is 0.792. The number of hydrogen-bond acceptors (Lipinski definition) is 4. The van der Waals surface area contributed by atoms with Crippen LogP contribution >= 0.6 is 0 Å². The summed E-state index contributed by atoms with van der Waals surface area (Å²) in [6, 6.07) is 15.0. The summed E-state index contributed by atoms with van der Waals surface area (Å²) in [5.41, 5.74) is 0.725. The summed E-state index contributed by atoms with van der Waals surface area (Å²) in [5, 5.41) is 8.44. The normalized spacial score (nSPS) is 10.4. The number of carbonyl (C=O) groups is 1. The van der Waals surface area contributed by atoms with Gasteiger partial charge in [0.25, 0.3) is 11.8 Å². The molecule has 0 radical (unpaired) electrons. The minimum Gasteiger partial charge on any atom is -0.479 e. The molecule has 0 aliphatic rings. The van der Waals surface area contributed by atoms with Crippen LogP contribution in [0.1, 0.15) is 10.6 Å². The molecule has 0 unspecified atom stereocenters. The summed E-state index contributed by atoms with van der Waals surface area (Å²) in [6.45, 7) is 0. The van der Waals surface area contributed by atoms with Gasteiger partial charge in [-0.05, 0) is 16.6 Å². The Morgan fingerprint density at radius 2 is 2.00 bits per heavy atom. The number of benzene rings is 2. The monoisotopic (exact) mass is 268 g/mol. The van der Waals surface area contributed by atoms with Crippen LogP contribution < -0.4 is 10.1 Å². The van der Waals surface area contributed by atoms with E-state index in [2.05, 4.69) is 10.5 Å². The lowest BCUT2D eigenvalue weighted by Gasteiger charge is -2.06. The Morgan fingerprint density at radius 1 is 1.20 bits per heavy atom. The van der Waals surface area contributed by atoms with Gasteiger partial charge in [-0.3, -0.25) is 4.79 Å². The van der Waals surface area contributed by atoms with Crippen molar-refractivity contribution in [2.75, 3.05) is 12.4 Å². The first-order chi connectivity index (χ1) is 9.78. The van der Waals surface area contributed by atoms with Crippen LogP contribution in [0, 0.1) is 0 Å². The molecule has 1 N–H and O–H groups in total. The number of carbonyl (C=O) groups excluding carboxylic acids is 1. The molecular weight excluding hydrogens is 256 g/mol. The molecule has 5 nitrogen and oxygen atoms in total. The molecule has 1 aromatic heterocycles. The molecule has 2 aromatic carbocycles. The Balaban J connectivity index is 1.91. The van der Waals surface area contributed by atoms with Gasteiger partial charge in [0.05, 0.1) is 13.2 Å². The van der Waals surface area contributed by atoms with Crippen LogP contribution in [0.5, 0.6) is 5.88 Å². The second kappa shape index (κ2) is 5.05. The van der Waals surface area contributed by atoms with E-state index in [9.17, 15) is 4.79 Å². The summed E-state index contributed by atoms with van der Waals surface area (Å²) in [6.07, 6.45) is 0. The maximum atomic E-state index is 12.1. The Bertz CT molecular complexity index is 759. The number of hydrogen-bond donors (Lipinski definition) is 1. The van der Waals surface area contributed by atoms with E-state index in [1.54, 1.807) is 0 Å². The largest absolute Gasteiger partial charge is 0.479 e. The molecule has 1 amide bonds. The highest BCUT2D eigenvalue weighted by molar-refractivity contribution is 6.07. The zero-order chi connectivity index (χ0) is 13.9. The Morgan fingerprint density at radius 3 is 2.80 bits per heavy atom. The van der Waals surface area contributed by atoms with Gasteiger partial charge in [0.1, 0.15) is 0 Å². The van der Waals surface area contributed by atoms with Crippen LogP contribution in [0.4, 0.5) is 5.69 Å². The number of nitrogens with one attached hydrogen (secondary N) is 1. The summed E-state index contributed by atoms with van der Waals surface area (Å²) in [7, 11) is 1.46. The first-order valence-corrected chi connectivity index (χ1v) is 6.08. The predicted octanol–water partition coefficient (Wildman–Crippen LogP) is 3.09. The van der Waals surface area contributed by atoms with Crippen LogP contribution in [0.15, 0.2) is 53.1 Å². The van der Waals surface area contributed by atoms with Crippen molar-refractivity contribution in [3.63, 3.8) is 0 Å². The van der Waals surface area contributed by atoms with Gasteiger partial charge < -0.3 is 14.6 Å². The third kappa shape index (κ3) is 2.21. The van der Waals surface area contributed by atoms with E-state index in [4.69, 9.17) is 9.26 Å². The number of rotatable bonds is 3. The molecule has 5 heteroatoms. The molecule has 0 atom stereocenters. The highest BCUT2D eigenvalue weighted by Crippen LogP contribution is 2.23. The highest BCUT2D eigenvalue weighted by Gasteiger charge is 2.14. The van der Waals surface area contributed by atoms with Crippen molar-refractivity contribution < 1.29 is 14.1 Å². The zero-order valence-corrected chi connectivity index (χ0v) is 10.8. The number of methoxy groups -OCH3 is 1.